The van der Waals surface area contributed by atoms with Crippen molar-refractivity contribution in [2.45, 2.75) is 26.1 Å². The fourth-order valence-electron chi connectivity index (χ4n) is 5.08. The number of hydrogen-bond donors (Lipinski definition) is 0. The highest BCUT2D eigenvalue weighted by molar-refractivity contribution is 6.19. The van der Waals surface area contributed by atoms with Gasteiger partial charge in [0, 0.05) is 55.8 Å². The SMILES string of the molecule is Cc1nnn(C)c1-c1cnc2c3c4cnn(C)c4ccc3n([C@H](F)C3CCOCC3)c2c1. The topological polar surface area (TPSA) is 75.6 Å². The normalized spacial score (nSPS) is 16.5. The molecule has 4 aromatic heterocycles. The van der Waals surface area contributed by atoms with Gasteiger partial charge in [0.15, 0.2) is 6.30 Å². The molecule has 6 rings (SSSR count). The van der Waals surface area contributed by atoms with E-state index < -0.39 is 6.30 Å². The molecule has 0 bridgehead atoms. The van der Waals surface area contributed by atoms with Gasteiger partial charge < -0.3 is 9.30 Å². The molecule has 0 amide bonds. The lowest BCUT2D eigenvalue weighted by Crippen LogP contribution is -2.23. The number of nitrogens with zero attached hydrogens (tertiary/aromatic N) is 7. The van der Waals surface area contributed by atoms with Crippen LogP contribution >= 0.6 is 0 Å². The van der Waals surface area contributed by atoms with E-state index in [1.54, 1.807) is 4.68 Å². The molecule has 0 N–H and O–H groups in total. The van der Waals surface area contributed by atoms with Crippen LogP contribution in [0.4, 0.5) is 4.39 Å². The Bertz CT molecular complexity index is 1460. The van der Waals surface area contributed by atoms with E-state index >= 15 is 4.39 Å². The third-order valence-electron chi connectivity index (χ3n) is 6.70. The van der Waals surface area contributed by atoms with Gasteiger partial charge in [-0.15, -0.1) is 5.10 Å². The number of benzene rings is 1. The molecule has 164 valence electrons. The van der Waals surface area contributed by atoms with Crippen molar-refractivity contribution in [1.82, 2.24) is 34.3 Å². The zero-order chi connectivity index (χ0) is 22.0. The van der Waals surface area contributed by atoms with Gasteiger partial charge >= 0.3 is 0 Å². The van der Waals surface area contributed by atoms with Crippen LogP contribution in [0.3, 0.4) is 0 Å². The molecule has 8 nitrogen and oxygen atoms in total. The summed E-state index contributed by atoms with van der Waals surface area (Å²) >= 11 is 0. The largest absolute Gasteiger partial charge is 0.381 e. The van der Waals surface area contributed by atoms with Crippen molar-refractivity contribution in [3.8, 4) is 11.3 Å². The van der Waals surface area contributed by atoms with Crippen LogP contribution in [0.25, 0.3) is 44.1 Å². The highest BCUT2D eigenvalue weighted by atomic mass is 19.1. The third-order valence-corrected chi connectivity index (χ3v) is 6.70. The molecule has 1 atom stereocenters. The van der Waals surface area contributed by atoms with Crippen molar-refractivity contribution in [3.63, 3.8) is 0 Å². The van der Waals surface area contributed by atoms with Gasteiger partial charge in [0.25, 0.3) is 0 Å². The predicted molar refractivity (Wildman–Crippen MR) is 120 cm³/mol. The smallest absolute Gasteiger partial charge is 0.179 e. The van der Waals surface area contributed by atoms with Crippen molar-refractivity contribution in [1.29, 1.82) is 0 Å². The van der Waals surface area contributed by atoms with Crippen LogP contribution in [0.15, 0.2) is 30.6 Å². The van der Waals surface area contributed by atoms with Gasteiger partial charge in [-0.25, -0.2) is 9.07 Å². The second-order valence-electron chi connectivity index (χ2n) is 8.59. The molecule has 0 aliphatic carbocycles. The Kier molecular flexibility index (Phi) is 4.29. The number of rotatable bonds is 3. The maximum Gasteiger partial charge on any atom is 0.179 e. The maximum atomic E-state index is 16.2. The van der Waals surface area contributed by atoms with Crippen LogP contribution in [0, 0.1) is 12.8 Å². The van der Waals surface area contributed by atoms with E-state index in [2.05, 4.69) is 15.4 Å². The average Bonchev–Trinajstić information content (AvgIpc) is 3.46. The van der Waals surface area contributed by atoms with Gasteiger partial charge in [0.05, 0.1) is 39.7 Å². The highest BCUT2D eigenvalue weighted by Crippen LogP contribution is 2.40. The lowest BCUT2D eigenvalue weighted by molar-refractivity contribution is 0.0188. The molecule has 9 heteroatoms. The van der Waals surface area contributed by atoms with E-state index in [0.29, 0.717) is 26.1 Å². The number of alkyl halides is 1. The molecule has 1 aliphatic rings. The van der Waals surface area contributed by atoms with Gasteiger partial charge in [-0.1, -0.05) is 5.21 Å². The lowest BCUT2D eigenvalue weighted by Gasteiger charge is -2.27. The number of halogens is 1. The molecule has 1 aromatic carbocycles. The molecule has 1 fully saturated rings. The first-order valence-electron chi connectivity index (χ1n) is 10.9. The van der Waals surface area contributed by atoms with Gasteiger partial charge in [-0.3, -0.25) is 9.67 Å². The molecule has 5 aromatic rings. The molecule has 0 unspecified atom stereocenters. The number of hydrogen-bond acceptors (Lipinski definition) is 5. The van der Waals surface area contributed by atoms with Gasteiger partial charge in [0.1, 0.15) is 0 Å². The first kappa shape index (κ1) is 19.4. The minimum atomic E-state index is -1.17. The maximum absolute atomic E-state index is 16.2. The minimum Gasteiger partial charge on any atom is -0.381 e. The molecule has 5 heterocycles. The van der Waals surface area contributed by atoms with Crippen molar-refractivity contribution in [2.75, 3.05) is 13.2 Å². The van der Waals surface area contributed by atoms with E-state index in [-0.39, 0.29) is 5.92 Å². The summed E-state index contributed by atoms with van der Waals surface area (Å²) in [5.74, 6) is -0.101. The van der Waals surface area contributed by atoms with Gasteiger partial charge in [-0.05, 0) is 38.0 Å². The zero-order valence-electron chi connectivity index (χ0n) is 18.3. The minimum absolute atomic E-state index is 0.101. The Labute approximate surface area is 183 Å². The van der Waals surface area contributed by atoms with E-state index in [1.807, 2.05) is 60.9 Å². The molecule has 0 radical (unpaired) electrons. The lowest BCUT2D eigenvalue weighted by atomic mass is 9.99. The number of aryl methyl sites for hydroxylation is 3. The van der Waals surface area contributed by atoms with E-state index in [0.717, 1.165) is 49.8 Å². The van der Waals surface area contributed by atoms with Gasteiger partial charge in [0.2, 0.25) is 0 Å². The van der Waals surface area contributed by atoms with Crippen LogP contribution in [0.5, 0.6) is 0 Å². The molecule has 1 aliphatic heterocycles. The Balaban J connectivity index is 1.67. The third kappa shape index (κ3) is 2.70. The Morgan fingerprint density at radius 3 is 2.59 bits per heavy atom. The van der Waals surface area contributed by atoms with Crippen LogP contribution in [-0.2, 0) is 18.8 Å². The van der Waals surface area contributed by atoms with Gasteiger partial charge in [-0.2, -0.15) is 5.10 Å². The fraction of sp³-hybridized carbons (Fsp3) is 0.391. The summed E-state index contributed by atoms with van der Waals surface area (Å²) in [6.07, 6.45) is 3.91. The first-order valence-corrected chi connectivity index (χ1v) is 10.9. The van der Waals surface area contributed by atoms with Crippen molar-refractivity contribution >= 4 is 32.8 Å². The number of fused-ring (bicyclic) bond motifs is 5. The average molecular weight is 433 g/mol. The predicted octanol–water partition coefficient (Wildman–Crippen LogP) is 4.07. The molecule has 1 saturated heterocycles. The summed E-state index contributed by atoms with van der Waals surface area (Å²) in [6.45, 7) is 3.11. The molecular formula is C23H24FN7O. The van der Waals surface area contributed by atoms with Crippen LogP contribution < -0.4 is 0 Å². The van der Waals surface area contributed by atoms with E-state index in [4.69, 9.17) is 9.72 Å². The monoisotopic (exact) mass is 433 g/mol. The Hall–Kier alpha value is -3.33. The van der Waals surface area contributed by atoms with Crippen molar-refractivity contribution < 1.29 is 9.13 Å². The summed E-state index contributed by atoms with van der Waals surface area (Å²) in [6, 6.07) is 6.01. The highest BCUT2D eigenvalue weighted by Gasteiger charge is 2.29. The molecule has 32 heavy (non-hydrogen) atoms. The van der Waals surface area contributed by atoms with Crippen LogP contribution in [0.2, 0.25) is 0 Å². The number of aromatic nitrogens is 7. The van der Waals surface area contributed by atoms with Crippen LogP contribution in [-0.4, -0.2) is 47.5 Å². The fourth-order valence-corrected chi connectivity index (χ4v) is 5.08. The molecule has 0 saturated carbocycles. The van der Waals surface area contributed by atoms with E-state index in [9.17, 15) is 0 Å². The molecular weight excluding hydrogens is 409 g/mol. The Morgan fingerprint density at radius 2 is 1.84 bits per heavy atom. The standard InChI is InChI=1S/C23H24FN7O/c1-13-22(30(3)28-27-13)15-10-19-21(25-11-15)20-16-12-26-29(2)17(16)4-5-18(20)31(19)23(24)14-6-8-32-9-7-14/h4-5,10-12,14,23H,6-9H2,1-3H3/t23-/m0/s1. The molecule has 0 spiro atoms. The second kappa shape index (κ2) is 7.09. The first-order chi connectivity index (χ1) is 15.5. The van der Waals surface area contributed by atoms with E-state index in [1.165, 1.54) is 0 Å². The summed E-state index contributed by atoms with van der Waals surface area (Å²) in [5.41, 5.74) is 5.95. The Morgan fingerprint density at radius 1 is 1.06 bits per heavy atom. The summed E-state index contributed by atoms with van der Waals surface area (Å²) in [5, 5.41) is 14.6. The summed E-state index contributed by atoms with van der Waals surface area (Å²) < 4.78 is 27.1. The quantitative estimate of drug-likeness (QED) is 0.429. The summed E-state index contributed by atoms with van der Waals surface area (Å²) in [7, 11) is 3.77. The number of pyridine rings is 1. The zero-order valence-corrected chi connectivity index (χ0v) is 18.3. The second-order valence-corrected chi connectivity index (χ2v) is 8.59. The van der Waals surface area contributed by atoms with Crippen molar-refractivity contribution in [3.05, 3.63) is 36.3 Å². The summed E-state index contributed by atoms with van der Waals surface area (Å²) in [4.78, 5) is 4.84. The van der Waals surface area contributed by atoms with Crippen LogP contribution in [0.1, 0.15) is 24.8 Å². The number of ether oxygens (including phenoxy) is 1. The van der Waals surface area contributed by atoms with Crippen molar-refractivity contribution in [2.24, 2.45) is 20.0 Å².